The summed E-state index contributed by atoms with van der Waals surface area (Å²) in [6.07, 6.45) is 3.54. The smallest absolute Gasteiger partial charge is 0.222 e. The van der Waals surface area contributed by atoms with Crippen LogP contribution in [0.4, 0.5) is 0 Å². The zero-order valence-corrected chi connectivity index (χ0v) is 15.7. The first-order valence-electron chi connectivity index (χ1n) is 9.07. The first-order valence-corrected chi connectivity index (χ1v) is 9.07. The number of nitrogens with two attached hydrogens (primary N) is 1. The average molecular weight is 369 g/mol. The lowest BCUT2D eigenvalue weighted by Gasteiger charge is -2.19. The van der Waals surface area contributed by atoms with E-state index in [4.69, 9.17) is 15.2 Å². The van der Waals surface area contributed by atoms with Crippen LogP contribution in [0.15, 0.2) is 24.3 Å². The minimum absolute atomic E-state index is 0. The second-order valence-electron chi connectivity index (χ2n) is 6.80. The van der Waals surface area contributed by atoms with Crippen molar-refractivity contribution in [1.82, 2.24) is 4.90 Å². The van der Waals surface area contributed by atoms with Gasteiger partial charge in [-0.3, -0.25) is 4.79 Å². The maximum atomic E-state index is 12.4. The van der Waals surface area contributed by atoms with Crippen LogP contribution in [0.2, 0.25) is 0 Å². The summed E-state index contributed by atoms with van der Waals surface area (Å²) in [5.74, 6) is 2.88. The van der Waals surface area contributed by atoms with Crippen LogP contribution in [-0.2, 0) is 4.79 Å². The monoisotopic (exact) mass is 368 g/mol. The fourth-order valence-corrected chi connectivity index (χ4v) is 3.92. The van der Waals surface area contributed by atoms with Gasteiger partial charge in [0.1, 0.15) is 0 Å². The van der Waals surface area contributed by atoms with E-state index in [-0.39, 0.29) is 24.4 Å². The van der Waals surface area contributed by atoms with Crippen LogP contribution < -0.4 is 15.2 Å². The first-order chi connectivity index (χ1) is 11.7. The van der Waals surface area contributed by atoms with Gasteiger partial charge in [0.15, 0.2) is 11.5 Å². The van der Waals surface area contributed by atoms with Crippen LogP contribution in [0, 0.1) is 11.8 Å². The van der Waals surface area contributed by atoms with E-state index in [0.29, 0.717) is 31.5 Å². The summed E-state index contributed by atoms with van der Waals surface area (Å²) in [5, 5.41) is 0. The molecule has 1 amide bonds. The van der Waals surface area contributed by atoms with Gasteiger partial charge in [0.05, 0.1) is 13.2 Å². The summed E-state index contributed by atoms with van der Waals surface area (Å²) in [6, 6.07) is 7.93. The third kappa shape index (κ3) is 4.79. The van der Waals surface area contributed by atoms with Gasteiger partial charge < -0.3 is 20.1 Å². The molecule has 2 N–H and O–H groups in total. The highest BCUT2D eigenvalue weighted by Crippen LogP contribution is 2.37. The number of amides is 1. The van der Waals surface area contributed by atoms with Crippen molar-refractivity contribution in [1.29, 1.82) is 0 Å². The summed E-state index contributed by atoms with van der Waals surface area (Å²) in [4.78, 5) is 14.4. The van der Waals surface area contributed by atoms with E-state index in [9.17, 15) is 4.79 Å². The number of para-hydroxylation sites is 2. The van der Waals surface area contributed by atoms with Crippen molar-refractivity contribution in [3.63, 3.8) is 0 Å². The van der Waals surface area contributed by atoms with Crippen molar-refractivity contribution in [2.45, 2.75) is 38.6 Å². The Hall–Kier alpha value is -1.46. The van der Waals surface area contributed by atoms with E-state index in [1.54, 1.807) is 0 Å². The number of halogens is 1. The Morgan fingerprint density at radius 1 is 1.20 bits per heavy atom. The molecule has 0 radical (unpaired) electrons. The Bertz CT molecular complexity index is 569. The van der Waals surface area contributed by atoms with Crippen molar-refractivity contribution in [3.8, 4) is 11.5 Å². The quantitative estimate of drug-likeness (QED) is 0.751. The molecule has 3 rings (SSSR count). The highest BCUT2D eigenvalue weighted by molar-refractivity contribution is 5.85. The number of ether oxygens (including phenoxy) is 2. The molecule has 25 heavy (non-hydrogen) atoms. The van der Waals surface area contributed by atoms with Gasteiger partial charge in [0, 0.05) is 25.6 Å². The summed E-state index contributed by atoms with van der Waals surface area (Å²) in [5.41, 5.74) is 6.14. The SMILES string of the molecule is CCOc1ccccc1OCCCC(=O)N1CC2CCC(N)C2C1.Cl. The number of nitrogens with zero attached hydrogens (tertiary/aromatic N) is 1. The molecule has 2 aliphatic rings. The number of hydrogen-bond donors (Lipinski definition) is 1. The molecule has 1 saturated heterocycles. The Balaban J connectivity index is 0.00000225. The van der Waals surface area contributed by atoms with E-state index in [1.807, 2.05) is 36.1 Å². The Morgan fingerprint density at radius 2 is 1.92 bits per heavy atom. The molecule has 5 nitrogen and oxygen atoms in total. The molecule has 1 aliphatic carbocycles. The van der Waals surface area contributed by atoms with E-state index >= 15 is 0 Å². The van der Waals surface area contributed by atoms with Crippen molar-refractivity contribution in [2.24, 2.45) is 17.6 Å². The minimum atomic E-state index is 0. The maximum absolute atomic E-state index is 12.4. The van der Waals surface area contributed by atoms with Gasteiger partial charge in [0.25, 0.3) is 0 Å². The van der Waals surface area contributed by atoms with Gasteiger partial charge >= 0.3 is 0 Å². The fourth-order valence-electron chi connectivity index (χ4n) is 3.92. The molecule has 3 unspecified atom stereocenters. The molecule has 1 saturated carbocycles. The molecule has 6 heteroatoms. The highest BCUT2D eigenvalue weighted by Gasteiger charge is 2.42. The van der Waals surface area contributed by atoms with Crippen LogP contribution in [0.5, 0.6) is 11.5 Å². The zero-order chi connectivity index (χ0) is 16.9. The van der Waals surface area contributed by atoms with Gasteiger partial charge in [-0.2, -0.15) is 0 Å². The fraction of sp³-hybridized carbons (Fsp3) is 0.632. The van der Waals surface area contributed by atoms with Gasteiger partial charge in [-0.25, -0.2) is 0 Å². The predicted molar refractivity (Wildman–Crippen MR) is 100 cm³/mol. The molecule has 140 valence electrons. The molecule has 2 fully saturated rings. The number of carbonyl (C=O) groups excluding carboxylic acids is 1. The molecule has 1 aromatic rings. The number of hydrogen-bond acceptors (Lipinski definition) is 4. The maximum Gasteiger partial charge on any atom is 0.222 e. The second kappa shape index (κ2) is 9.30. The lowest BCUT2D eigenvalue weighted by atomic mass is 9.98. The largest absolute Gasteiger partial charge is 0.490 e. The molecule has 0 aromatic heterocycles. The summed E-state index contributed by atoms with van der Waals surface area (Å²) in [7, 11) is 0. The summed E-state index contributed by atoms with van der Waals surface area (Å²) in [6.45, 7) is 4.82. The topological polar surface area (TPSA) is 64.8 Å². The molecule has 1 aromatic carbocycles. The van der Waals surface area contributed by atoms with Crippen molar-refractivity contribution in [2.75, 3.05) is 26.3 Å². The predicted octanol–water partition coefficient (Wildman–Crippen LogP) is 2.86. The van der Waals surface area contributed by atoms with Crippen molar-refractivity contribution < 1.29 is 14.3 Å². The lowest BCUT2D eigenvalue weighted by molar-refractivity contribution is -0.130. The van der Waals surface area contributed by atoms with Crippen molar-refractivity contribution >= 4 is 18.3 Å². The second-order valence-corrected chi connectivity index (χ2v) is 6.80. The van der Waals surface area contributed by atoms with E-state index in [2.05, 4.69) is 0 Å². The average Bonchev–Trinajstić information content (AvgIpc) is 3.15. The standard InChI is InChI=1S/C19H28N2O3.ClH/c1-2-23-17-6-3-4-7-18(17)24-11-5-8-19(22)21-12-14-9-10-16(20)15(14)13-21;/h3-4,6-7,14-16H,2,5,8-13,20H2,1H3;1H. The third-order valence-corrected chi connectivity index (χ3v) is 5.21. The molecular formula is C19H29ClN2O3. The normalized spacial score (nSPS) is 24.6. The van der Waals surface area contributed by atoms with Gasteiger partial charge in [-0.15, -0.1) is 12.4 Å². The molecule has 1 aliphatic heterocycles. The number of benzene rings is 1. The van der Waals surface area contributed by atoms with Crippen LogP contribution in [0.3, 0.4) is 0 Å². The Morgan fingerprint density at radius 3 is 2.60 bits per heavy atom. The molecule has 1 heterocycles. The van der Waals surface area contributed by atoms with Crippen LogP contribution >= 0.6 is 12.4 Å². The van der Waals surface area contributed by atoms with Crippen LogP contribution in [-0.4, -0.2) is 43.2 Å². The van der Waals surface area contributed by atoms with Crippen molar-refractivity contribution in [3.05, 3.63) is 24.3 Å². The lowest BCUT2D eigenvalue weighted by Crippen LogP contribution is -2.33. The number of rotatable bonds is 7. The summed E-state index contributed by atoms with van der Waals surface area (Å²) >= 11 is 0. The third-order valence-electron chi connectivity index (χ3n) is 5.21. The Labute approximate surface area is 156 Å². The molecule has 0 spiro atoms. The van der Waals surface area contributed by atoms with Crippen LogP contribution in [0.25, 0.3) is 0 Å². The van der Waals surface area contributed by atoms with Gasteiger partial charge in [0.2, 0.25) is 5.91 Å². The molecule has 3 atom stereocenters. The highest BCUT2D eigenvalue weighted by atomic mass is 35.5. The van der Waals surface area contributed by atoms with Crippen LogP contribution in [0.1, 0.15) is 32.6 Å². The number of carbonyl (C=O) groups is 1. The molecule has 0 bridgehead atoms. The first kappa shape index (κ1) is 19.9. The number of fused-ring (bicyclic) bond motifs is 1. The summed E-state index contributed by atoms with van der Waals surface area (Å²) < 4.78 is 11.3. The van der Waals surface area contributed by atoms with Gasteiger partial charge in [-0.1, -0.05) is 12.1 Å². The van der Waals surface area contributed by atoms with E-state index < -0.39 is 0 Å². The van der Waals surface area contributed by atoms with E-state index in [0.717, 1.165) is 37.4 Å². The van der Waals surface area contributed by atoms with Gasteiger partial charge in [-0.05, 0) is 50.2 Å². The zero-order valence-electron chi connectivity index (χ0n) is 14.9. The minimum Gasteiger partial charge on any atom is -0.490 e. The van der Waals surface area contributed by atoms with E-state index in [1.165, 1.54) is 6.42 Å². The Kier molecular flexibility index (Phi) is 7.38. The number of likely N-dealkylation sites (tertiary alicyclic amines) is 1. The molecular weight excluding hydrogens is 340 g/mol.